The Morgan fingerprint density at radius 1 is 1.31 bits per heavy atom. The summed E-state index contributed by atoms with van der Waals surface area (Å²) in [5, 5.41) is 9.16. The van der Waals surface area contributed by atoms with Crippen LogP contribution in [0.3, 0.4) is 0 Å². The van der Waals surface area contributed by atoms with Crippen molar-refractivity contribution in [2.45, 2.75) is 6.42 Å². The number of hydrazone groups is 1. The van der Waals surface area contributed by atoms with E-state index in [1.165, 1.54) is 43.6 Å². The zero-order valence-electron chi connectivity index (χ0n) is 19.2. The van der Waals surface area contributed by atoms with E-state index >= 15 is 4.39 Å². The van der Waals surface area contributed by atoms with E-state index in [0.717, 1.165) is 24.4 Å². The first-order chi connectivity index (χ1) is 17.4. The van der Waals surface area contributed by atoms with Gasteiger partial charge in [-0.3, -0.25) is 19.5 Å². The van der Waals surface area contributed by atoms with E-state index < -0.39 is 11.7 Å². The lowest BCUT2D eigenvalue weighted by molar-refractivity contribution is -0.106. The number of rotatable bonds is 8. The number of nitrogens with one attached hydrogen (secondary N) is 1. The summed E-state index contributed by atoms with van der Waals surface area (Å²) in [5.41, 5.74) is 0.758. The van der Waals surface area contributed by atoms with Gasteiger partial charge in [-0.25, -0.2) is 9.37 Å². The summed E-state index contributed by atoms with van der Waals surface area (Å²) >= 11 is 5.86. The number of aromatic nitrogens is 1. The summed E-state index contributed by atoms with van der Waals surface area (Å²) in [6.45, 7) is 1.72. The summed E-state index contributed by atoms with van der Waals surface area (Å²) in [6, 6.07) is 10.3. The lowest BCUT2D eigenvalue weighted by Gasteiger charge is -2.27. The van der Waals surface area contributed by atoms with Crippen molar-refractivity contribution >= 4 is 47.3 Å². The Balaban J connectivity index is 1.75. The number of hydrogen-bond donors (Lipinski definition) is 1. The number of halogens is 2. The number of pyridine rings is 1. The zero-order valence-corrected chi connectivity index (χ0v) is 20.0. The fourth-order valence-electron chi connectivity index (χ4n) is 3.49. The van der Waals surface area contributed by atoms with Crippen molar-refractivity contribution in [3.05, 3.63) is 76.2 Å². The first-order valence-electron chi connectivity index (χ1n) is 10.9. The molecule has 4 rings (SSSR count). The third kappa shape index (κ3) is 5.29. The van der Waals surface area contributed by atoms with Crippen molar-refractivity contribution in [1.82, 2.24) is 9.99 Å². The van der Waals surface area contributed by atoms with E-state index in [2.05, 4.69) is 21.3 Å². The smallest absolute Gasteiger partial charge is 0.259 e. The topological polar surface area (TPSA) is 87.1 Å². The van der Waals surface area contributed by atoms with E-state index in [1.807, 2.05) is 5.01 Å². The van der Waals surface area contributed by atoms with Gasteiger partial charge >= 0.3 is 0 Å². The molecule has 0 unspecified atom stereocenters. The number of anilines is 3. The number of carbonyl (C=O) groups excluding carboxylic acids is 2. The molecule has 2 amide bonds. The largest absolute Gasteiger partial charge is 0.494 e. The highest BCUT2D eigenvalue weighted by atomic mass is 35.5. The number of hydrogen-bond acceptors (Lipinski definition) is 6. The molecule has 1 saturated heterocycles. The van der Waals surface area contributed by atoms with Gasteiger partial charge in [-0.05, 0) is 48.4 Å². The van der Waals surface area contributed by atoms with E-state index in [1.54, 1.807) is 18.3 Å². The SMILES string of the molecule is C#Cc1cc(OC)c(N(C=O)c2ccc(C=NN3CCC3)cc2F)c(C(=O)Nc2ccc(Cl)cn2)c1. The Hall–Kier alpha value is -4.42. The van der Waals surface area contributed by atoms with Gasteiger partial charge < -0.3 is 10.1 Å². The Labute approximate surface area is 212 Å². The van der Waals surface area contributed by atoms with Gasteiger partial charge in [0.2, 0.25) is 6.41 Å². The minimum atomic E-state index is -0.691. The number of ether oxygens (including phenoxy) is 1. The highest BCUT2D eigenvalue weighted by Gasteiger charge is 2.26. The molecule has 1 N–H and O–H groups in total. The van der Waals surface area contributed by atoms with E-state index in [0.29, 0.717) is 22.6 Å². The molecule has 8 nitrogen and oxygen atoms in total. The van der Waals surface area contributed by atoms with Crippen molar-refractivity contribution in [2.24, 2.45) is 5.10 Å². The van der Waals surface area contributed by atoms with Gasteiger partial charge in [0.25, 0.3) is 5.91 Å². The average Bonchev–Trinajstić information content (AvgIpc) is 2.85. The summed E-state index contributed by atoms with van der Waals surface area (Å²) < 4.78 is 20.7. The number of amides is 2. The monoisotopic (exact) mass is 505 g/mol. The van der Waals surface area contributed by atoms with Crippen LogP contribution in [0.5, 0.6) is 5.75 Å². The van der Waals surface area contributed by atoms with E-state index in [4.69, 9.17) is 22.8 Å². The standard InChI is InChI=1S/C26H21ClFN5O3/c1-3-17-11-20(26(35)31-24-8-6-19(27)15-29-24)25(23(13-17)36-2)33(16-34)22-7-5-18(12-21(22)28)14-30-32-9-4-10-32/h1,5-8,11-16H,4,9-10H2,2H3,(H,29,31,35). The fourth-order valence-corrected chi connectivity index (χ4v) is 3.61. The first-order valence-corrected chi connectivity index (χ1v) is 11.3. The maximum atomic E-state index is 15.2. The molecule has 3 aromatic rings. The van der Waals surface area contributed by atoms with Crippen molar-refractivity contribution < 1.29 is 18.7 Å². The number of benzene rings is 2. The highest BCUT2D eigenvalue weighted by Crippen LogP contribution is 2.38. The molecule has 0 aliphatic carbocycles. The third-order valence-corrected chi connectivity index (χ3v) is 5.68. The molecule has 0 atom stereocenters. The zero-order chi connectivity index (χ0) is 25.7. The third-order valence-electron chi connectivity index (χ3n) is 5.46. The number of carbonyl (C=O) groups is 2. The molecule has 10 heteroatoms. The Morgan fingerprint density at radius 2 is 2.11 bits per heavy atom. The van der Waals surface area contributed by atoms with Gasteiger partial charge in [-0.2, -0.15) is 5.10 Å². The Bertz CT molecular complexity index is 1370. The minimum absolute atomic E-state index is 0.0128. The van der Waals surface area contributed by atoms with Crippen LogP contribution in [0.25, 0.3) is 0 Å². The van der Waals surface area contributed by atoms with Crippen LogP contribution in [-0.2, 0) is 4.79 Å². The predicted octanol–water partition coefficient (Wildman–Crippen LogP) is 4.45. The Kier molecular flexibility index (Phi) is 7.47. The summed E-state index contributed by atoms with van der Waals surface area (Å²) in [7, 11) is 1.36. The van der Waals surface area contributed by atoms with Crippen LogP contribution in [0.15, 0.2) is 53.8 Å². The summed E-state index contributed by atoms with van der Waals surface area (Å²) in [4.78, 5) is 30.6. The maximum absolute atomic E-state index is 15.2. The van der Waals surface area contributed by atoms with Gasteiger partial charge in [0.05, 0.1) is 29.6 Å². The number of methoxy groups -OCH3 is 1. The molecule has 182 valence electrons. The summed E-state index contributed by atoms with van der Waals surface area (Å²) in [6.07, 6.45) is 9.96. The lowest BCUT2D eigenvalue weighted by atomic mass is 10.0. The van der Waals surface area contributed by atoms with Gasteiger partial charge in [0, 0.05) is 24.8 Å². The van der Waals surface area contributed by atoms with E-state index in [9.17, 15) is 9.59 Å². The van der Waals surface area contributed by atoms with Crippen LogP contribution in [0, 0.1) is 18.2 Å². The maximum Gasteiger partial charge on any atom is 0.259 e. The molecular formula is C26H21ClFN5O3. The molecule has 36 heavy (non-hydrogen) atoms. The van der Waals surface area contributed by atoms with Gasteiger partial charge in [0.1, 0.15) is 23.1 Å². The van der Waals surface area contributed by atoms with Crippen LogP contribution in [0.2, 0.25) is 5.02 Å². The van der Waals surface area contributed by atoms with Gasteiger partial charge in [-0.1, -0.05) is 23.6 Å². The van der Waals surface area contributed by atoms with Crippen molar-refractivity contribution in [2.75, 3.05) is 30.4 Å². The predicted molar refractivity (Wildman–Crippen MR) is 137 cm³/mol. The first kappa shape index (κ1) is 24.7. The molecule has 0 spiro atoms. The quantitative estimate of drug-likeness (QED) is 0.278. The Morgan fingerprint density at radius 3 is 2.69 bits per heavy atom. The molecule has 1 aliphatic heterocycles. The van der Waals surface area contributed by atoms with Crippen molar-refractivity contribution in [1.29, 1.82) is 0 Å². The molecule has 1 fully saturated rings. The van der Waals surface area contributed by atoms with Gasteiger partial charge in [0.15, 0.2) is 0 Å². The molecule has 0 bridgehead atoms. The second-order valence-electron chi connectivity index (χ2n) is 7.77. The molecule has 1 aliphatic rings. The van der Waals surface area contributed by atoms with Gasteiger partial charge in [-0.15, -0.1) is 6.42 Å². The average molecular weight is 506 g/mol. The van der Waals surface area contributed by atoms with Crippen LogP contribution in [0.4, 0.5) is 21.6 Å². The molecule has 1 aromatic heterocycles. The normalized spacial score (nSPS) is 12.6. The molecule has 0 saturated carbocycles. The van der Waals surface area contributed by atoms with Crippen LogP contribution in [0.1, 0.15) is 27.9 Å². The van der Waals surface area contributed by atoms with Crippen molar-refractivity contribution in [3.8, 4) is 18.1 Å². The van der Waals surface area contributed by atoms with E-state index in [-0.39, 0.29) is 28.5 Å². The molecular weight excluding hydrogens is 485 g/mol. The lowest BCUT2D eigenvalue weighted by Crippen LogP contribution is -2.32. The highest BCUT2D eigenvalue weighted by molar-refractivity contribution is 6.30. The van der Waals surface area contributed by atoms with Crippen LogP contribution < -0.4 is 15.0 Å². The fraction of sp³-hybridized carbons (Fsp3) is 0.154. The molecule has 0 radical (unpaired) electrons. The molecule has 2 heterocycles. The minimum Gasteiger partial charge on any atom is -0.494 e. The second kappa shape index (κ2) is 10.9. The molecule has 2 aromatic carbocycles. The van der Waals surface area contributed by atoms with Crippen LogP contribution >= 0.6 is 11.6 Å². The summed E-state index contributed by atoms with van der Waals surface area (Å²) in [5.74, 6) is 1.45. The second-order valence-corrected chi connectivity index (χ2v) is 8.21. The van der Waals surface area contributed by atoms with Crippen molar-refractivity contribution in [3.63, 3.8) is 0 Å². The number of terminal acetylenes is 1. The number of nitrogens with zero attached hydrogens (tertiary/aromatic N) is 4. The van der Waals surface area contributed by atoms with Crippen LogP contribution in [-0.4, -0.2) is 48.7 Å².